The van der Waals surface area contributed by atoms with Gasteiger partial charge in [0.1, 0.15) is 0 Å². The van der Waals surface area contributed by atoms with Crippen LogP contribution in [0.25, 0.3) is 0 Å². The second-order valence-electron chi connectivity index (χ2n) is 6.80. The van der Waals surface area contributed by atoms with Gasteiger partial charge in [0.25, 0.3) is 0 Å². The van der Waals surface area contributed by atoms with E-state index in [-0.39, 0.29) is 24.2 Å². The van der Waals surface area contributed by atoms with Gasteiger partial charge < -0.3 is 9.47 Å². The Bertz CT molecular complexity index is 687. The van der Waals surface area contributed by atoms with E-state index in [9.17, 15) is 19.2 Å². The fraction of sp³-hybridized carbons (Fsp3) is 0.529. The Morgan fingerprint density at radius 2 is 1.70 bits per heavy atom. The molecular weight excluding hydrogens is 300 g/mol. The topological polar surface area (TPSA) is 86.7 Å². The van der Waals surface area contributed by atoms with E-state index in [0.717, 1.165) is 5.57 Å². The number of allylic oxidation sites excluding steroid dienone is 4. The van der Waals surface area contributed by atoms with E-state index in [1.54, 1.807) is 0 Å². The average molecular weight is 316 g/mol. The van der Waals surface area contributed by atoms with Gasteiger partial charge in [-0.25, -0.2) is 0 Å². The minimum Gasteiger partial charge on any atom is -0.393 e. The lowest BCUT2D eigenvalue weighted by molar-refractivity contribution is -0.156. The lowest BCUT2D eigenvalue weighted by Crippen LogP contribution is -2.44. The molecule has 2 heterocycles. The fourth-order valence-corrected chi connectivity index (χ4v) is 4.56. The molecule has 2 aliphatic carbocycles. The van der Waals surface area contributed by atoms with Gasteiger partial charge in [-0.2, -0.15) is 0 Å². The minimum atomic E-state index is -0.545. The molecule has 0 bridgehead atoms. The molecule has 0 aromatic heterocycles. The zero-order valence-electron chi connectivity index (χ0n) is 12.6. The Hall–Kier alpha value is -2.24. The second-order valence-corrected chi connectivity index (χ2v) is 6.80. The Labute approximate surface area is 132 Å². The summed E-state index contributed by atoms with van der Waals surface area (Å²) >= 11 is 0. The third-order valence-electron chi connectivity index (χ3n) is 5.55. The second kappa shape index (κ2) is 4.88. The van der Waals surface area contributed by atoms with Crippen LogP contribution in [0.5, 0.6) is 0 Å². The van der Waals surface area contributed by atoms with Crippen LogP contribution in [0.4, 0.5) is 0 Å². The van der Waals surface area contributed by atoms with Crippen molar-refractivity contribution in [2.45, 2.75) is 19.8 Å². The first kappa shape index (κ1) is 14.4. The van der Waals surface area contributed by atoms with Crippen LogP contribution in [-0.4, -0.2) is 23.9 Å². The zero-order chi connectivity index (χ0) is 16.3. The van der Waals surface area contributed by atoms with Crippen LogP contribution in [0.2, 0.25) is 0 Å². The molecule has 0 amide bonds. The van der Waals surface area contributed by atoms with Gasteiger partial charge in [0.2, 0.25) is 0 Å². The molecule has 0 N–H and O–H groups in total. The lowest BCUT2D eigenvalue weighted by atomic mass is 9.58. The molecule has 120 valence electrons. The number of cyclic esters (lactones) is 4. The van der Waals surface area contributed by atoms with Crippen molar-refractivity contribution >= 4 is 23.9 Å². The van der Waals surface area contributed by atoms with Crippen LogP contribution in [0, 0.1) is 35.5 Å². The smallest absolute Gasteiger partial charge is 0.318 e. The highest BCUT2D eigenvalue weighted by Gasteiger charge is 2.58. The third kappa shape index (κ3) is 2.08. The van der Waals surface area contributed by atoms with Crippen molar-refractivity contribution in [3.63, 3.8) is 0 Å². The van der Waals surface area contributed by atoms with Crippen molar-refractivity contribution in [1.29, 1.82) is 0 Å². The number of carbonyl (C=O) groups is 4. The van der Waals surface area contributed by atoms with Crippen molar-refractivity contribution in [2.75, 3.05) is 0 Å². The van der Waals surface area contributed by atoms with E-state index in [1.165, 1.54) is 0 Å². The molecule has 6 heteroatoms. The minimum absolute atomic E-state index is 0.0453. The molecule has 1 saturated carbocycles. The summed E-state index contributed by atoms with van der Waals surface area (Å²) in [6.45, 7) is 1.93. The highest BCUT2D eigenvalue weighted by atomic mass is 16.6. The van der Waals surface area contributed by atoms with Gasteiger partial charge >= 0.3 is 23.9 Å². The summed E-state index contributed by atoms with van der Waals surface area (Å²) in [6.07, 6.45) is 6.35. The third-order valence-corrected chi connectivity index (χ3v) is 5.55. The normalized spacial score (nSPS) is 42.0. The molecule has 3 fully saturated rings. The fourth-order valence-electron chi connectivity index (χ4n) is 4.56. The SMILES string of the molecule is CC1=CC2C(C=C1)C(C1CC(=O)OC1=O)CC1C(=O)OC(=O)C12. The highest BCUT2D eigenvalue weighted by Crippen LogP contribution is 2.52. The van der Waals surface area contributed by atoms with Crippen molar-refractivity contribution in [1.82, 2.24) is 0 Å². The van der Waals surface area contributed by atoms with Crippen LogP contribution >= 0.6 is 0 Å². The first-order valence-electron chi connectivity index (χ1n) is 7.82. The largest absolute Gasteiger partial charge is 0.393 e. The molecule has 0 aromatic rings. The number of hydrogen-bond acceptors (Lipinski definition) is 6. The molecule has 23 heavy (non-hydrogen) atoms. The predicted octanol–water partition coefficient (Wildman–Crippen LogP) is 1.16. The summed E-state index contributed by atoms with van der Waals surface area (Å²) in [7, 11) is 0. The van der Waals surface area contributed by atoms with Crippen molar-refractivity contribution in [2.24, 2.45) is 35.5 Å². The van der Waals surface area contributed by atoms with Gasteiger partial charge in [0, 0.05) is 0 Å². The maximum absolute atomic E-state index is 12.1. The molecule has 6 unspecified atom stereocenters. The summed E-state index contributed by atoms with van der Waals surface area (Å²) in [5, 5.41) is 0. The van der Waals surface area contributed by atoms with E-state index in [4.69, 9.17) is 4.74 Å². The van der Waals surface area contributed by atoms with Crippen LogP contribution in [0.1, 0.15) is 19.8 Å². The molecule has 0 aromatic carbocycles. The highest BCUT2D eigenvalue weighted by molar-refractivity contribution is 5.98. The number of rotatable bonds is 1. The maximum Gasteiger partial charge on any atom is 0.318 e. The summed E-state index contributed by atoms with van der Waals surface area (Å²) < 4.78 is 9.52. The molecule has 0 spiro atoms. The van der Waals surface area contributed by atoms with Crippen LogP contribution in [0.15, 0.2) is 23.8 Å². The Balaban J connectivity index is 1.73. The molecule has 4 aliphatic rings. The Morgan fingerprint density at radius 3 is 2.39 bits per heavy atom. The molecule has 2 aliphatic heterocycles. The van der Waals surface area contributed by atoms with Gasteiger partial charge in [0.15, 0.2) is 0 Å². The number of ether oxygens (including phenoxy) is 2. The first-order chi connectivity index (χ1) is 11.0. The van der Waals surface area contributed by atoms with E-state index >= 15 is 0 Å². The van der Waals surface area contributed by atoms with Gasteiger partial charge in [-0.1, -0.05) is 23.8 Å². The number of hydrogen-bond donors (Lipinski definition) is 0. The summed E-state index contributed by atoms with van der Waals surface area (Å²) in [6, 6.07) is 0. The van der Waals surface area contributed by atoms with E-state index < -0.39 is 41.6 Å². The maximum atomic E-state index is 12.1. The molecule has 6 atom stereocenters. The average Bonchev–Trinajstić information content (AvgIpc) is 2.97. The van der Waals surface area contributed by atoms with Crippen molar-refractivity contribution < 1.29 is 28.7 Å². The van der Waals surface area contributed by atoms with Crippen LogP contribution in [-0.2, 0) is 28.7 Å². The Kier molecular flexibility index (Phi) is 3.04. The predicted molar refractivity (Wildman–Crippen MR) is 75.3 cm³/mol. The monoisotopic (exact) mass is 316 g/mol. The molecule has 4 rings (SSSR count). The molecular formula is C17H16O6. The molecule has 6 nitrogen and oxygen atoms in total. The van der Waals surface area contributed by atoms with E-state index in [1.807, 2.05) is 25.2 Å². The summed E-state index contributed by atoms with van der Waals surface area (Å²) in [4.78, 5) is 47.5. The number of fused-ring (bicyclic) bond motifs is 3. The van der Waals surface area contributed by atoms with Gasteiger partial charge in [0.05, 0.1) is 24.2 Å². The van der Waals surface area contributed by atoms with Gasteiger partial charge in [-0.15, -0.1) is 0 Å². The van der Waals surface area contributed by atoms with Crippen LogP contribution in [0.3, 0.4) is 0 Å². The summed E-state index contributed by atoms with van der Waals surface area (Å²) in [5.74, 6) is -4.03. The van der Waals surface area contributed by atoms with Crippen LogP contribution < -0.4 is 0 Å². The zero-order valence-corrected chi connectivity index (χ0v) is 12.6. The van der Waals surface area contributed by atoms with Crippen molar-refractivity contribution in [3.05, 3.63) is 23.8 Å². The van der Waals surface area contributed by atoms with Crippen molar-refractivity contribution in [3.8, 4) is 0 Å². The number of carbonyl (C=O) groups excluding carboxylic acids is 4. The van der Waals surface area contributed by atoms with E-state index in [0.29, 0.717) is 6.42 Å². The van der Waals surface area contributed by atoms with Gasteiger partial charge in [-0.05, 0) is 31.1 Å². The number of esters is 4. The molecule has 2 saturated heterocycles. The first-order valence-corrected chi connectivity index (χ1v) is 7.82. The Morgan fingerprint density at radius 1 is 0.957 bits per heavy atom. The van der Waals surface area contributed by atoms with E-state index in [2.05, 4.69) is 4.74 Å². The standard InChI is InChI=1S/C17H16O6/c1-7-2-3-8-9(11-6-13(18)22-15(11)19)5-12-14(10(8)4-7)17(21)23-16(12)20/h2-4,8-12,14H,5-6H2,1H3. The molecule has 0 radical (unpaired) electrons. The van der Waals surface area contributed by atoms with Gasteiger partial charge in [-0.3, -0.25) is 19.2 Å². The summed E-state index contributed by atoms with van der Waals surface area (Å²) in [5.41, 5.74) is 1.02. The lowest BCUT2D eigenvalue weighted by Gasteiger charge is -2.42. The quantitative estimate of drug-likeness (QED) is 0.533.